The molecule has 11 nitrogen and oxygen atoms in total. The minimum Gasteiger partial charge on any atom is -0.481 e. The van der Waals surface area contributed by atoms with Crippen LogP contribution in [0.5, 0.6) is 0 Å². The van der Waals surface area contributed by atoms with Crippen molar-refractivity contribution in [1.82, 2.24) is 24.9 Å². The average Bonchev–Trinajstić information content (AvgIpc) is 3.56. The topological polar surface area (TPSA) is 150 Å². The highest BCUT2D eigenvalue weighted by Gasteiger charge is 2.31. The number of aromatic amines is 1. The number of carbonyl (C=O) groups is 4. The van der Waals surface area contributed by atoms with E-state index in [0.717, 1.165) is 6.07 Å². The van der Waals surface area contributed by atoms with Crippen molar-refractivity contribution in [2.75, 3.05) is 26.2 Å². The van der Waals surface area contributed by atoms with Crippen LogP contribution in [-0.2, 0) is 16.0 Å². The van der Waals surface area contributed by atoms with Crippen LogP contribution in [0, 0.1) is 5.82 Å². The SMILES string of the molecule is O=C(O)Cc1nc(-c2ccc(F)c3c(C(=O)C(=O)N4CCN(C(=O)c5ccccc5)CC4)c[nH]c23)no1. The van der Waals surface area contributed by atoms with Crippen molar-refractivity contribution in [2.45, 2.75) is 6.42 Å². The number of Topliss-reactive ketones (excluding diaryl/α,β-unsaturated/α-hetero) is 1. The fourth-order valence-electron chi connectivity index (χ4n) is 4.27. The highest BCUT2D eigenvalue weighted by molar-refractivity contribution is 6.45. The Morgan fingerprint density at radius 2 is 1.70 bits per heavy atom. The van der Waals surface area contributed by atoms with Crippen molar-refractivity contribution in [3.63, 3.8) is 0 Å². The molecule has 0 bridgehead atoms. The molecule has 1 fully saturated rings. The lowest BCUT2D eigenvalue weighted by molar-refractivity contribution is -0.136. The van der Waals surface area contributed by atoms with E-state index in [-0.39, 0.29) is 65.8 Å². The molecular weight excluding hydrogens is 485 g/mol. The average molecular weight is 505 g/mol. The Hall–Kier alpha value is -4.87. The highest BCUT2D eigenvalue weighted by Crippen LogP contribution is 2.31. The third-order valence-electron chi connectivity index (χ3n) is 6.11. The summed E-state index contributed by atoms with van der Waals surface area (Å²) in [6.45, 7) is 0.841. The second-order valence-electron chi connectivity index (χ2n) is 8.41. The number of hydrogen-bond donors (Lipinski definition) is 2. The Balaban J connectivity index is 1.34. The molecule has 0 radical (unpaired) electrons. The molecule has 12 heteroatoms. The number of rotatable bonds is 6. The third-order valence-corrected chi connectivity index (χ3v) is 6.11. The van der Waals surface area contributed by atoms with Crippen LogP contribution in [0.15, 0.2) is 53.2 Å². The zero-order chi connectivity index (χ0) is 26.1. The first-order valence-corrected chi connectivity index (χ1v) is 11.4. The number of ketones is 1. The lowest BCUT2D eigenvalue weighted by Gasteiger charge is -2.34. The Labute approximate surface area is 208 Å². The summed E-state index contributed by atoms with van der Waals surface area (Å²) in [5.41, 5.74) is 0.824. The predicted molar refractivity (Wildman–Crippen MR) is 126 cm³/mol. The summed E-state index contributed by atoms with van der Waals surface area (Å²) in [5, 5.41) is 12.5. The molecule has 0 spiro atoms. The summed E-state index contributed by atoms with van der Waals surface area (Å²) in [5.74, 6) is -3.88. The van der Waals surface area contributed by atoms with Gasteiger partial charge in [0.25, 0.3) is 17.6 Å². The van der Waals surface area contributed by atoms with Crippen LogP contribution in [0.3, 0.4) is 0 Å². The second-order valence-corrected chi connectivity index (χ2v) is 8.41. The summed E-state index contributed by atoms with van der Waals surface area (Å²) in [4.78, 5) is 59.4. The van der Waals surface area contributed by atoms with Gasteiger partial charge in [0.05, 0.1) is 11.1 Å². The molecule has 1 aliphatic heterocycles. The monoisotopic (exact) mass is 505 g/mol. The van der Waals surface area contributed by atoms with Gasteiger partial charge in [-0.25, -0.2) is 4.39 Å². The molecule has 188 valence electrons. The summed E-state index contributed by atoms with van der Waals surface area (Å²) in [7, 11) is 0. The number of H-pyrrole nitrogens is 1. The number of aromatic nitrogens is 3. The molecule has 4 aromatic rings. The van der Waals surface area contributed by atoms with E-state index in [4.69, 9.17) is 9.63 Å². The molecule has 1 saturated heterocycles. The van der Waals surface area contributed by atoms with Gasteiger partial charge in [-0.1, -0.05) is 23.4 Å². The van der Waals surface area contributed by atoms with Gasteiger partial charge in [0.2, 0.25) is 11.7 Å². The van der Waals surface area contributed by atoms with E-state index >= 15 is 0 Å². The van der Waals surface area contributed by atoms with Gasteiger partial charge in [0.1, 0.15) is 12.2 Å². The number of halogens is 1. The Kier molecular flexibility index (Phi) is 6.22. The standard InChI is InChI=1S/C25H20FN5O6/c26-17-7-6-15(23-28-18(37-29-23)12-19(32)33)21-20(17)16(13-27-21)22(34)25(36)31-10-8-30(9-11-31)24(35)14-4-2-1-3-5-14/h1-7,13,27H,8-12H2,(H,32,33). The van der Waals surface area contributed by atoms with Gasteiger partial charge in [-0.05, 0) is 24.3 Å². The van der Waals surface area contributed by atoms with E-state index in [1.165, 1.54) is 17.2 Å². The van der Waals surface area contributed by atoms with Gasteiger partial charge in [-0.2, -0.15) is 4.98 Å². The van der Waals surface area contributed by atoms with Crippen LogP contribution in [0.2, 0.25) is 0 Å². The number of nitrogens with zero attached hydrogens (tertiary/aromatic N) is 4. The number of carbonyl (C=O) groups excluding carboxylic acids is 3. The van der Waals surface area contributed by atoms with Crippen molar-refractivity contribution in [2.24, 2.45) is 0 Å². The van der Waals surface area contributed by atoms with Crippen molar-refractivity contribution in [3.05, 3.63) is 71.5 Å². The van der Waals surface area contributed by atoms with E-state index in [1.54, 1.807) is 29.2 Å². The number of carboxylic acids is 1. The first-order valence-electron chi connectivity index (χ1n) is 11.4. The zero-order valence-corrected chi connectivity index (χ0v) is 19.3. The van der Waals surface area contributed by atoms with Crippen LogP contribution >= 0.6 is 0 Å². The number of hydrogen-bond acceptors (Lipinski definition) is 7. The van der Waals surface area contributed by atoms with E-state index in [2.05, 4.69) is 15.1 Å². The molecule has 3 heterocycles. The molecule has 2 N–H and O–H groups in total. The van der Waals surface area contributed by atoms with Crippen molar-refractivity contribution in [3.8, 4) is 11.4 Å². The lowest BCUT2D eigenvalue weighted by atomic mass is 10.0. The minimum absolute atomic E-state index is 0.00707. The molecule has 2 amide bonds. The Morgan fingerprint density at radius 3 is 2.41 bits per heavy atom. The number of aliphatic carboxylic acids is 1. The normalized spacial score (nSPS) is 13.6. The number of nitrogens with one attached hydrogen (secondary N) is 1. The summed E-state index contributed by atoms with van der Waals surface area (Å²) >= 11 is 0. The third kappa shape index (κ3) is 4.56. The molecule has 2 aromatic carbocycles. The number of piperazine rings is 1. The predicted octanol–water partition coefficient (Wildman–Crippen LogP) is 2.15. The number of benzene rings is 2. The van der Waals surface area contributed by atoms with Crippen molar-refractivity contribution in [1.29, 1.82) is 0 Å². The molecule has 37 heavy (non-hydrogen) atoms. The molecular formula is C25H20FN5O6. The molecule has 0 atom stereocenters. The summed E-state index contributed by atoms with van der Waals surface area (Å²) in [6, 6.07) is 11.2. The van der Waals surface area contributed by atoms with Gasteiger partial charge in [0.15, 0.2) is 0 Å². The van der Waals surface area contributed by atoms with E-state index < -0.39 is 29.9 Å². The largest absolute Gasteiger partial charge is 0.481 e. The fraction of sp³-hybridized carbons (Fsp3) is 0.200. The van der Waals surface area contributed by atoms with Crippen molar-refractivity contribution < 1.29 is 33.2 Å². The van der Waals surface area contributed by atoms with Crippen LogP contribution in [-0.4, -0.2) is 79.8 Å². The fourth-order valence-corrected chi connectivity index (χ4v) is 4.27. The van der Waals surface area contributed by atoms with E-state index in [1.807, 2.05) is 6.07 Å². The first kappa shape index (κ1) is 23.9. The first-order chi connectivity index (χ1) is 17.8. The summed E-state index contributed by atoms with van der Waals surface area (Å²) < 4.78 is 19.8. The highest BCUT2D eigenvalue weighted by atomic mass is 19.1. The van der Waals surface area contributed by atoms with Crippen LogP contribution < -0.4 is 0 Å². The Bertz CT molecular complexity index is 1520. The summed E-state index contributed by atoms with van der Waals surface area (Å²) in [6.07, 6.45) is 0.759. The van der Waals surface area contributed by atoms with Crippen LogP contribution in [0.1, 0.15) is 26.6 Å². The number of fused-ring (bicyclic) bond motifs is 1. The molecule has 2 aromatic heterocycles. The van der Waals surface area contributed by atoms with E-state index in [0.29, 0.717) is 5.56 Å². The molecule has 1 aliphatic rings. The van der Waals surface area contributed by atoms with E-state index in [9.17, 15) is 23.6 Å². The number of amides is 2. The van der Waals surface area contributed by atoms with Gasteiger partial charge in [-0.15, -0.1) is 0 Å². The van der Waals surface area contributed by atoms with Crippen LogP contribution in [0.4, 0.5) is 4.39 Å². The van der Waals surface area contributed by atoms with Gasteiger partial charge in [0, 0.05) is 48.9 Å². The molecule has 0 saturated carbocycles. The molecule has 5 rings (SSSR count). The maximum Gasteiger partial charge on any atom is 0.312 e. The number of carboxylic acid groups (broad SMARTS) is 1. The second kappa shape index (κ2) is 9.64. The quantitative estimate of drug-likeness (QED) is 0.299. The van der Waals surface area contributed by atoms with Crippen molar-refractivity contribution >= 4 is 34.5 Å². The zero-order valence-electron chi connectivity index (χ0n) is 19.3. The van der Waals surface area contributed by atoms with Gasteiger partial charge < -0.3 is 24.4 Å². The lowest BCUT2D eigenvalue weighted by Crippen LogP contribution is -2.52. The van der Waals surface area contributed by atoms with Crippen LogP contribution in [0.25, 0.3) is 22.3 Å². The van der Waals surface area contributed by atoms with Gasteiger partial charge >= 0.3 is 5.97 Å². The minimum atomic E-state index is -1.16. The Morgan fingerprint density at radius 1 is 1.00 bits per heavy atom. The molecule has 0 aliphatic carbocycles. The smallest absolute Gasteiger partial charge is 0.312 e. The maximum absolute atomic E-state index is 14.8. The van der Waals surface area contributed by atoms with Gasteiger partial charge in [-0.3, -0.25) is 19.2 Å². The molecule has 0 unspecified atom stereocenters. The maximum atomic E-state index is 14.8.